The van der Waals surface area contributed by atoms with E-state index in [0.29, 0.717) is 0 Å². The minimum atomic E-state index is -0.210. The second-order valence-electron chi connectivity index (χ2n) is 6.37. The quantitative estimate of drug-likeness (QED) is 0.576. The second-order valence-corrected chi connectivity index (χ2v) is 6.37. The van der Waals surface area contributed by atoms with E-state index in [-0.39, 0.29) is 17.8 Å². The molecule has 0 N–H and O–H groups in total. The Bertz CT molecular complexity index is 593. The molecule has 0 unspecified atom stereocenters. The molecule has 1 aromatic rings. The molecule has 0 heterocycles. The van der Waals surface area contributed by atoms with Crippen molar-refractivity contribution in [3.8, 4) is 11.5 Å². The zero-order valence-corrected chi connectivity index (χ0v) is 15.3. The summed E-state index contributed by atoms with van der Waals surface area (Å²) in [6.07, 6.45) is 5.87. The maximum Gasteiger partial charge on any atom is 0.309 e. The first-order chi connectivity index (χ1) is 11.5. The summed E-state index contributed by atoms with van der Waals surface area (Å²) in [7, 11) is 4.78. The zero-order chi connectivity index (χ0) is 17.7. The molecule has 0 radical (unpaired) electrons. The summed E-state index contributed by atoms with van der Waals surface area (Å²) in [5, 5.41) is 0. The zero-order valence-electron chi connectivity index (χ0n) is 15.3. The van der Waals surface area contributed by atoms with Gasteiger partial charge in [0, 0.05) is 11.5 Å². The summed E-state index contributed by atoms with van der Waals surface area (Å²) in [5.74, 6) is 1.08. The Morgan fingerprint density at radius 2 is 1.79 bits per heavy atom. The fourth-order valence-corrected chi connectivity index (χ4v) is 3.52. The van der Waals surface area contributed by atoms with Crippen molar-refractivity contribution in [1.82, 2.24) is 0 Å². The van der Waals surface area contributed by atoms with Crippen LogP contribution in [0.25, 0.3) is 0 Å². The largest absolute Gasteiger partial charge is 0.496 e. The molecule has 0 saturated heterocycles. The first-order valence-electron chi connectivity index (χ1n) is 8.55. The van der Waals surface area contributed by atoms with Crippen LogP contribution in [0.2, 0.25) is 0 Å². The highest BCUT2D eigenvalue weighted by Gasteiger charge is 2.35. The van der Waals surface area contributed by atoms with Crippen LogP contribution >= 0.6 is 0 Å². The van der Waals surface area contributed by atoms with E-state index in [0.717, 1.165) is 42.7 Å². The number of aryl methyl sites for hydroxylation is 1. The normalized spacial score (nSPS) is 20.3. The van der Waals surface area contributed by atoms with Crippen LogP contribution < -0.4 is 9.47 Å². The summed E-state index contributed by atoms with van der Waals surface area (Å²) in [6.45, 7) is 4.25. The number of hydrogen-bond donors (Lipinski definition) is 0. The van der Waals surface area contributed by atoms with E-state index in [4.69, 9.17) is 14.2 Å². The molecule has 0 bridgehead atoms. The van der Waals surface area contributed by atoms with Crippen LogP contribution in [-0.4, -0.2) is 27.3 Å². The molecule has 2 rings (SSSR count). The van der Waals surface area contributed by atoms with Gasteiger partial charge >= 0.3 is 5.97 Å². The number of benzene rings is 1. The van der Waals surface area contributed by atoms with E-state index in [9.17, 15) is 4.79 Å². The summed E-state index contributed by atoms with van der Waals surface area (Å²) in [4.78, 5) is 12.3. The van der Waals surface area contributed by atoms with E-state index in [1.165, 1.54) is 18.2 Å². The minimum absolute atomic E-state index is 0.0909. The van der Waals surface area contributed by atoms with E-state index in [1.54, 1.807) is 14.2 Å². The van der Waals surface area contributed by atoms with Crippen molar-refractivity contribution in [2.24, 2.45) is 5.92 Å². The molecule has 1 aromatic carbocycles. The standard InChI is InChI=1S/C20H28O4/c1-6-7-14-11-17(22-3)19(18(12-14)23-4)16-10-13(2)8-9-15(16)20(21)24-5/h10-12,15-16H,6-9H2,1-5H3/t15-,16-/m1/s1. The lowest BCUT2D eigenvalue weighted by atomic mass is 9.76. The fraction of sp³-hybridized carbons (Fsp3) is 0.550. The van der Waals surface area contributed by atoms with E-state index in [2.05, 4.69) is 32.1 Å². The molecule has 1 aliphatic rings. The maximum atomic E-state index is 12.3. The third-order valence-corrected chi connectivity index (χ3v) is 4.73. The first-order valence-corrected chi connectivity index (χ1v) is 8.55. The Morgan fingerprint density at radius 1 is 1.17 bits per heavy atom. The van der Waals surface area contributed by atoms with Gasteiger partial charge in [-0.1, -0.05) is 25.0 Å². The molecule has 24 heavy (non-hydrogen) atoms. The summed E-state index contributed by atoms with van der Waals surface area (Å²) in [6, 6.07) is 4.13. The molecule has 0 fully saturated rings. The van der Waals surface area contributed by atoms with Gasteiger partial charge in [0.15, 0.2) is 0 Å². The highest BCUT2D eigenvalue weighted by Crippen LogP contribution is 2.45. The third kappa shape index (κ3) is 3.74. The number of rotatable bonds is 6. The van der Waals surface area contributed by atoms with Gasteiger partial charge in [-0.2, -0.15) is 0 Å². The molecule has 2 atom stereocenters. The lowest BCUT2D eigenvalue weighted by Crippen LogP contribution is -2.26. The number of carbonyl (C=O) groups is 1. The molecule has 0 saturated carbocycles. The number of ether oxygens (including phenoxy) is 3. The van der Waals surface area contributed by atoms with Crippen molar-refractivity contribution < 1.29 is 19.0 Å². The average molecular weight is 332 g/mol. The van der Waals surface area contributed by atoms with Crippen molar-refractivity contribution in [3.63, 3.8) is 0 Å². The molecule has 132 valence electrons. The van der Waals surface area contributed by atoms with Gasteiger partial charge in [-0.3, -0.25) is 4.79 Å². The topological polar surface area (TPSA) is 44.8 Å². The van der Waals surface area contributed by atoms with Crippen LogP contribution in [-0.2, 0) is 16.0 Å². The third-order valence-electron chi connectivity index (χ3n) is 4.73. The highest BCUT2D eigenvalue weighted by molar-refractivity contribution is 5.75. The van der Waals surface area contributed by atoms with Crippen LogP contribution in [0.4, 0.5) is 0 Å². The molecule has 1 aliphatic carbocycles. The van der Waals surface area contributed by atoms with Gasteiger partial charge in [-0.05, 0) is 43.9 Å². The molecule has 0 aliphatic heterocycles. The predicted molar refractivity (Wildman–Crippen MR) is 94.8 cm³/mol. The van der Waals surface area contributed by atoms with Crippen LogP contribution in [0, 0.1) is 5.92 Å². The van der Waals surface area contributed by atoms with Crippen LogP contribution in [0.1, 0.15) is 50.2 Å². The Hall–Kier alpha value is -1.97. The molecular formula is C20H28O4. The Kier molecular flexibility index (Phi) is 6.29. The SMILES string of the molecule is CCCc1cc(OC)c([C@@H]2C=C(C)CC[C@H]2C(=O)OC)c(OC)c1. The lowest BCUT2D eigenvalue weighted by Gasteiger charge is -2.30. The summed E-state index contributed by atoms with van der Waals surface area (Å²) in [5.41, 5.74) is 3.40. The molecule has 4 heteroatoms. The van der Waals surface area contributed by atoms with Crippen LogP contribution in [0.15, 0.2) is 23.8 Å². The van der Waals surface area contributed by atoms with Gasteiger partial charge in [0.1, 0.15) is 11.5 Å². The number of carbonyl (C=O) groups excluding carboxylic acids is 1. The molecule has 0 aromatic heterocycles. The van der Waals surface area contributed by atoms with Gasteiger partial charge < -0.3 is 14.2 Å². The number of allylic oxidation sites excluding steroid dienone is 2. The van der Waals surface area contributed by atoms with Crippen LogP contribution in [0.3, 0.4) is 0 Å². The van der Waals surface area contributed by atoms with E-state index >= 15 is 0 Å². The Labute approximate surface area is 144 Å². The lowest BCUT2D eigenvalue weighted by molar-refractivity contribution is -0.146. The molecule has 0 amide bonds. The predicted octanol–water partition coefficient (Wildman–Crippen LogP) is 4.27. The van der Waals surface area contributed by atoms with Gasteiger partial charge in [0.25, 0.3) is 0 Å². The average Bonchev–Trinajstić information content (AvgIpc) is 2.60. The molecular weight excluding hydrogens is 304 g/mol. The van der Waals surface area contributed by atoms with Gasteiger partial charge in [-0.15, -0.1) is 0 Å². The number of esters is 1. The van der Waals surface area contributed by atoms with Gasteiger partial charge in [0.05, 0.1) is 27.2 Å². The fourth-order valence-electron chi connectivity index (χ4n) is 3.52. The van der Waals surface area contributed by atoms with Gasteiger partial charge in [-0.25, -0.2) is 0 Å². The van der Waals surface area contributed by atoms with E-state index in [1.807, 2.05) is 0 Å². The Balaban J connectivity index is 2.58. The number of hydrogen-bond acceptors (Lipinski definition) is 4. The van der Waals surface area contributed by atoms with E-state index < -0.39 is 0 Å². The van der Waals surface area contributed by atoms with Crippen molar-refractivity contribution in [1.29, 1.82) is 0 Å². The van der Waals surface area contributed by atoms with Crippen molar-refractivity contribution in [2.45, 2.75) is 45.4 Å². The number of methoxy groups -OCH3 is 3. The monoisotopic (exact) mass is 332 g/mol. The molecule has 4 nitrogen and oxygen atoms in total. The summed E-state index contributed by atoms with van der Waals surface area (Å²) >= 11 is 0. The molecule has 0 spiro atoms. The highest BCUT2D eigenvalue weighted by atomic mass is 16.5. The van der Waals surface area contributed by atoms with Crippen molar-refractivity contribution in [2.75, 3.05) is 21.3 Å². The van der Waals surface area contributed by atoms with Crippen molar-refractivity contribution >= 4 is 5.97 Å². The maximum absolute atomic E-state index is 12.3. The first kappa shape index (κ1) is 18.4. The minimum Gasteiger partial charge on any atom is -0.496 e. The smallest absolute Gasteiger partial charge is 0.309 e. The Morgan fingerprint density at radius 3 is 2.29 bits per heavy atom. The van der Waals surface area contributed by atoms with Gasteiger partial charge in [0.2, 0.25) is 0 Å². The second kappa shape index (κ2) is 8.22. The van der Waals surface area contributed by atoms with Crippen LogP contribution in [0.5, 0.6) is 11.5 Å². The van der Waals surface area contributed by atoms with Crippen molar-refractivity contribution in [3.05, 3.63) is 34.9 Å². The summed E-state index contributed by atoms with van der Waals surface area (Å²) < 4.78 is 16.4.